The summed E-state index contributed by atoms with van der Waals surface area (Å²) in [4.78, 5) is 43.4. The summed E-state index contributed by atoms with van der Waals surface area (Å²) in [6.45, 7) is 5.48. The summed E-state index contributed by atoms with van der Waals surface area (Å²) in [6, 6.07) is 4.87. The number of amides is 1. The Balaban J connectivity index is 1.33. The lowest BCUT2D eigenvalue weighted by Gasteiger charge is -2.33. The van der Waals surface area contributed by atoms with E-state index in [1.807, 2.05) is 6.07 Å². The van der Waals surface area contributed by atoms with E-state index >= 15 is 0 Å². The van der Waals surface area contributed by atoms with Crippen molar-refractivity contribution >= 4 is 23.3 Å². The summed E-state index contributed by atoms with van der Waals surface area (Å²) in [5.41, 5.74) is 1.86. The van der Waals surface area contributed by atoms with E-state index in [0.717, 1.165) is 56.6 Å². The number of carbonyl (C=O) groups is 2. The molecule has 0 aromatic carbocycles. The molecule has 2 saturated heterocycles. The number of aromatic nitrogens is 2. The van der Waals surface area contributed by atoms with Gasteiger partial charge in [-0.3, -0.25) is 19.4 Å². The van der Waals surface area contributed by atoms with Gasteiger partial charge in [-0.15, -0.1) is 0 Å². The number of nitrogens with zero attached hydrogens (tertiary/aromatic N) is 3. The number of carbonyl (C=O) groups excluding carboxylic acids is 2. The summed E-state index contributed by atoms with van der Waals surface area (Å²) >= 11 is 0. The van der Waals surface area contributed by atoms with Gasteiger partial charge in [0, 0.05) is 37.1 Å². The molecule has 2 aromatic rings. The van der Waals surface area contributed by atoms with Crippen molar-refractivity contribution in [3.8, 4) is 11.8 Å². The van der Waals surface area contributed by atoms with Crippen LogP contribution in [-0.2, 0) is 25.6 Å². The fourth-order valence-electron chi connectivity index (χ4n) is 4.67. The van der Waals surface area contributed by atoms with Crippen LogP contribution in [0.15, 0.2) is 41.6 Å². The molecule has 10 heteroatoms. The number of rotatable bonds is 8. The number of pyridine rings is 2. The van der Waals surface area contributed by atoms with Gasteiger partial charge in [-0.2, -0.15) is 0 Å². The van der Waals surface area contributed by atoms with Crippen molar-refractivity contribution < 1.29 is 19.1 Å². The Bertz CT molecular complexity index is 1230. The minimum absolute atomic E-state index is 0.130. The molecule has 0 aliphatic carbocycles. The smallest absolute Gasteiger partial charge is 0.326 e. The third-order valence-electron chi connectivity index (χ3n) is 6.65. The normalized spacial score (nSPS) is 17.8. The standard InChI is InChI=1S/C28H35N5O5/c1-2-37-27(35)20-33-19-23(7-8-26(33)34)31-28(36)22-6-3-13-32(18-22)24-15-21(16-30-17-24)5-4-14-38-25-9-11-29-12-10-25/h7-8,15-17,19,22,25,29H,2-3,6,9-14,18,20H2,1H3,(H,31,36)/t22-/m0/s1. The van der Waals surface area contributed by atoms with Gasteiger partial charge in [-0.1, -0.05) is 11.8 Å². The van der Waals surface area contributed by atoms with E-state index in [4.69, 9.17) is 9.47 Å². The van der Waals surface area contributed by atoms with Crippen LogP contribution in [0.2, 0.25) is 0 Å². The highest BCUT2D eigenvalue weighted by molar-refractivity contribution is 5.93. The molecule has 10 nitrogen and oxygen atoms in total. The minimum atomic E-state index is -0.504. The second kappa shape index (κ2) is 13.7. The predicted molar refractivity (Wildman–Crippen MR) is 144 cm³/mol. The van der Waals surface area contributed by atoms with Crippen molar-refractivity contribution in [1.82, 2.24) is 14.9 Å². The SMILES string of the molecule is CCOC(=O)Cn1cc(NC(=O)[C@H]2CCCN(c3cncc(C#CCOC4CCNCC4)c3)C2)ccc1=O. The van der Waals surface area contributed by atoms with Crippen LogP contribution in [-0.4, -0.2) is 66.9 Å². The molecule has 4 heterocycles. The molecule has 0 bridgehead atoms. The lowest BCUT2D eigenvalue weighted by molar-refractivity contribution is -0.143. The summed E-state index contributed by atoms with van der Waals surface area (Å²) in [7, 11) is 0. The van der Waals surface area contributed by atoms with E-state index < -0.39 is 5.97 Å². The molecule has 1 atom stereocenters. The van der Waals surface area contributed by atoms with Gasteiger partial charge in [0.15, 0.2) is 0 Å². The molecular weight excluding hydrogens is 486 g/mol. The highest BCUT2D eigenvalue weighted by Crippen LogP contribution is 2.24. The number of ether oxygens (including phenoxy) is 2. The maximum absolute atomic E-state index is 13.1. The van der Waals surface area contributed by atoms with Crippen LogP contribution in [0.4, 0.5) is 11.4 Å². The average Bonchev–Trinajstić information content (AvgIpc) is 2.94. The van der Waals surface area contributed by atoms with Crippen LogP contribution in [0.1, 0.15) is 38.2 Å². The van der Waals surface area contributed by atoms with Gasteiger partial charge < -0.3 is 29.6 Å². The Morgan fingerprint density at radius 1 is 1.21 bits per heavy atom. The number of hydrogen-bond donors (Lipinski definition) is 2. The Morgan fingerprint density at radius 3 is 2.87 bits per heavy atom. The molecule has 202 valence electrons. The van der Waals surface area contributed by atoms with Gasteiger partial charge >= 0.3 is 5.97 Å². The summed E-state index contributed by atoms with van der Waals surface area (Å²) < 4.78 is 12.0. The van der Waals surface area contributed by atoms with Crippen LogP contribution in [0.3, 0.4) is 0 Å². The first-order valence-corrected chi connectivity index (χ1v) is 13.2. The molecule has 0 radical (unpaired) electrons. The van der Waals surface area contributed by atoms with Crippen molar-refractivity contribution in [1.29, 1.82) is 0 Å². The summed E-state index contributed by atoms with van der Waals surface area (Å²) in [6.07, 6.45) is 8.92. The molecule has 2 aliphatic rings. The van der Waals surface area contributed by atoms with Gasteiger partial charge in [0.25, 0.3) is 5.56 Å². The van der Waals surface area contributed by atoms with Gasteiger partial charge in [-0.25, -0.2) is 0 Å². The number of hydrogen-bond acceptors (Lipinski definition) is 8. The first-order valence-electron chi connectivity index (χ1n) is 13.2. The largest absolute Gasteiger partial charge is 0.465 e. The van der Waals surface area contributed by atoms with Gasteiger partial charge in [-0.05, 0) is 57.8 Å². The molecule has 2 N–H and O–H groups in total. The lowest BCUT2D eigenvalue weighted by atomic mass is 9.96. The van der Waals surface area contributed by atoms with Crippen molar-refractivity contribution in [2.75, 3.05) is 49.6 Å². The molecule has 0 spiro atoms. The quantitative estimate of drug-likeness (QED) is 0.399. The summed E-state index contributed by atoms with van der Waals surface area (Å²) in [5, 5.41) is 6.22. The number of piperidine rings is 2. The maximum Gasteiger partial charge on any atom is 0.326 e. The third-order valence-corrected chi connectivity index (χ3v) is 6.65. The van der Waals surface area contributed by atoms with Crippen LogP contribution in [0.5, 0.6) is 0 Å². The molecule has 2 aliphatic heterocycles. The van der Waals surface area contributed by atoms with E-state index in [-0.39, 0.29) is 36.6 Å². The zero-order valence-corrected chi connectivity index (χ0v) is 21.8. The zero-order chi connectivity index (χ0) is 26.7. The van der Waals surface area contributed by atoms with Crippen molar-refractivity contribution in [2.45, 2.75) is 45.3 Å². The number of esters is 1. The molecule has 2 fully saturated rings. The van der Waals surface area contributed by atoms with E-state index in [2.05, 4.69) is 32.4 Å². The second-order valence-electron chi connectivity index (χ2n) is 9.46. The zero-order valence-electron chi connectivity index (χ0n) is 21.8. The lowest BCUT2D eigenvalue weighted by Crippen LogP contribution is -2.41. The molecule has 38 heavy (non-hydrogen) atoms. The Hall–Kier alpha value is -3.68. The number of nitrogens with one attached hydrogen (secondary N) is 2. The van der Waals surface area contributed by atoms with Crippen LogP contribution in [0, 0.1) is 17.8 Å². The number of anilines is 2. The van der Waals surface area contributed by atoms with E-state index in [1.165, 1.54) is 16.8 Å². The molecular formula is C28H35N5O5. The molecule has 0 unspecified atom stereocenters. The van der Waals surface area contributed by atoms with E-state index in [1.54, 1.807) is 25.4 Å². The Labute approximate surface area is 222 Å². The highest BCUT2D eigenvalue weighted by Gasteiger charge is 2.26. The van der Waals surface area contributed by atoms with Gasteiger partial charge in [0.2, 0.25) is 5.91 Å². The molecule has 4 rings (SSSR count). The fraction of sp³-hybridized carbons (Fsp3) is 0.500. The Morgan fingerprint density at radius 2 is 2.05 bits per heavy atom. The maximum atomic E-state index is 13.1. The average molecular weight is 522 g/mol. The van der Waals surface area contributed by atoms with Gasteiger partial charge in [0.1, 0.15) is 13.2 Å². The fourth-order valence-corrected chi connectivity index (χ4v) is 4.67. The molecule has 1 amide bonds. The van der Waals surface area contributed by atoms with E-state index in [0.29, 0.717) is 18.8 Å². The predicted octanol–water partition coefficient (Wildman–Crippen LogP) is 1.78. The van der Waals surface area contributed by atoms with Crippen molar-refractivity contribution in [3.05, 3.63) is 52.7 Å². The molecule has 0 saturated carbocycles. The van der Waals surface area contributed by atoms with Crippen LogP contribution < -0.4 is 21.1 Å². The van der Waals surface area contributed by atoms with Crippen LogP contribution in [0.25, 0.3) is 0 Å². The van der Waals surface area contributed by atoms with Gasteiger partial charge in [0.05, 0.1) is 36.2 Å². The topological polar surface area (TPSA) is 115 Å². The summed E-state index contributed by atoms with van der Waals surface area (Å²) in [5.74, 6) is 5.37. The van der Waals surface area contributed by atoms with Crippen LogP contribution >= 0.6 is 0 Å². The first-order chi connectivity index (χ1) is 18.5. The highest BCUT2D eigenvalue weighted by atomic mass is 16.5. The monoisotopic (exact) mass is 521 g/mol. The van der Waals surface area contributed by atoms with E-state index in [9.17, 15) is 14.4 Å². The third kappa shape index (κ3) is 7.91. The van der Waals surface area contributed by atoms with Crippen molar-refractivity contribution in [3.63, 3.8) is 0 Å². The second-order valence-corrected chi connectivity index (χ2v) is 9.46. The molecule has 2 aromatic heterocycles. The first kappa shape index (κ1) is 27.4. The minimum Gasteiger partial charge on any atom is -0.465 e. The Kier molecular flexibility index (Phi) is 9.90. The van der Waals surface area contributed by atoms with Crippen molar-refractivity contribution in [2.24, 2.45) is 5.92 Å².